The Bertz CT molecular complexity index is 2420. The van der Waals surface area contributed by atoms with Gasteiger partial charge < -0.3 is 0 Å². The van der Waals surface area contributed by atoms with Crippen LogP contribution in [0, 0.1) is 13.8 Å². The summed E-state index contributed by atoms with van der Waals surface area (Å²) in [6.45, 7) is 11.4. The molecule has 8 rings (SSSR count). The molecule has 0 radical (unpaired) electrons. The van der Waals surface area contributed by atoms with Crippen molar-refractivity contribution in [1.82, 2.24) is 0 Å². The summed E-state index contributed by atoms with van der Waals surface area (Å²) in [4.78, 5) is 1.34. The monoisotopic (exact) mass is 682 g/mol. The van der Waals surface area contributed by atoms with Crippen LogP contribution in [0.1, 0.15) is 98.9 Å². The number of thioether (sulfide) groups is 1. The molecule has 0 spiro atoms. The van der Waals surface area contributed by atoms with E-state index < -0.39 is 0 Å². The molecule has 0 aromatic heterocycles. The Morgan fingerprint density at radius 2 is 1.10 bits per heavy atom. The SMILES string of the molecule is CCCC(CCC)c1ccc2cc(-c3c4ccc(C)cc4c(-c4ccc5c(c4)-c4cc(SC)ccc4C5CCC)c4ccc(C)cc34)ccc2c1. The third-order valence-electron chi connectivity index (χ3n) is 11.5. The summed E-state index contributed by atoms with van der Waals surface area (Å²) >= 11 is 1.84. The fourth-order valence-corrected chi connectivity index (χ4v) is 9.58. The molecule has 0 nitrogen and oxygen atoms in total. The van der Waals surface area contributed by atoms with Gasteiger partial charge in [0, 0.05) is 10.8 Å². The molecular weight excluding hydrogens is 633 g/mol. The van der Waals surface area contributed by atoms with E-state index in [-0.39, 0.29) is 0 Å². The highest BCUT2D eigenvalue weighted by Crippen LogP contribution is 2.51. The molecular formula is C50H50S. The van der Waals surface area contributed by atoms with Crippen molar-refractivity contribution in [3.63, 3.8) is 0 Å². The van der Waals surface area contributed by atoms with Crippen LogP contribution in [-0.4, -0.2) is 6.26 Å². The van der Waals surface area contributed by atoms with E-state index in [9.17, 15) is 0 Å². The maximum absolute atomic E-state index is 2.52. The fraction of sp³-hybridized carbons (Fsp3) is 0.280. The summed E-state index contributed by atoms with van der Waals surface area (Å²) < 4.78 is 0. The van der Waals surface area contributed by atoms with Gasteiger partial charge in [-0.25, -0.2) is 0 Å². The van der Waals surface area contributed by atoms with Crippen LogP contribution in [-0.2, 0) is 0 Å². The summed E-state index contributed by atoms with van der Waals surface area (Å²) in [6.07, 6.45) is 9.53. The zero-order chi connectivity index (χ0) is 35.2. The van der Waals surface area contributed by atoms with Crippen molar-refractivity contribution in [2.75, 3.05) is 6.26 Å². The van der Waals surface area contributed by atoms with Gasteiger partial charge in [0.2, 0.25) is 0 Å². The minimum Gasteiger partial charge on any atom is -0.130 e. The van der Waals surface area contributed by atoms with E-state index in [0.717, 1.165) is 0 Å². The summed E-state index contributed by atoms with van der Waals surface area (Å²) in [5.41, 5.74) is 15.2. The second-order valence-electron chi connectivity index (χ2n) is 15.0. The lowest BCUT2D eigenvalue weighted by atomic mass is 9.83. The molecule has 0 heterocycles. The fourth-order valence-electron chi connectivity index (χ4n) is 9.14. The van der Waals surface area contributed by atoms with E-state index in [1.165, 1.54) is 137 Å². The summed E-state index contributed by atoms with van der Waals surface area (Å²) in [5, 5.41) is 7.97. The Hall–Kier alpha value is -4.33. The predicted molar refractivity (Wildman–Crippen MR) is 226 cm³/mol. The van der Waals surface area contributed by atoms with Crippen LogP contribution in [0.25, 0.3) is 65.7 Å². The molecule has 1 aliphatic rings. The predicted octanol–water partition coefficient (Wildman–Crippen LogP) is 15.4. The van der Waals surface area contributed by atoms with Crippen LogP contribution < -0.4 is 0 Å². The lowest BCUT2D eigenvalue weighted by Gasteiger charge is -2.20. The van der Waals surface area contributed by atoms with E-state index in [1.807, 2.05) is 11.8 Å². The number of rotatable bonds is 10. The van der Waals surface area contributed by atoms with E-state index in [0.29, 0.717) is 11.8 Å². The van der Waals surface area contributed by atoms with Crippen LogP contribution in [0.15, 0.2) is 114 Å². The largest absolute Gasteiger partial charge is 0.130 e. The minimum absolute atomic E-state index is 0.471. The van der Waals surface area contributed by atoms with Gasteiger partial charge in [-0.1, -0.05) is 136 Å². The molecule has 0 aliphatic heterocycles. The van der Waals surface area contributed by atoms with E-state index in [4.69, 9.17) is 0 Å². The highest BCUT2D eigenvalue weighted by molar-refractivity contribution is 7.98. The van der Waals surface area contributed by atoms with Crippen molar-refractivity contribution in [3.05, 3.63) is 137 Å². The van der Waals surface area contributed by atoms with Crippen LogP contribution in [0.3, 0.4) is 0 Å². The molecule has 1 atom stereocenters. The van der Waals surface area contributed by atoms with Crippen molar-refractivity contribution < 1.29 is 0 Å². The molecule has 7 aromatic carbocycles. The Kier molecular flexibility index (Phi) is 9.28. The van der Waals surface area contributed by atoms with Crippen molar-refractivity contribution >= 4 is 44.1 Å². The second kappa shape index (κ2) is 14.0. The molecule has 1 aliphatic carbocycles. The zero-order valence-corrected chi connectivity index (χ0v) is 32.0. The zero-order valence-electron chi connectivity index (χ0n) is 31.2. The average molecular weight is 683 g/mol. The first-order valence-electron chi connectivity index (χ1n) is 19.3. The molecule has 0 fully saturated rings. The minimum atomic E-state index is 0.471. The molecule has 1 unspecified atom stereocenters. The normalized spacial score (nSPS) is 13.8. The second-order valence-corrected chi connectivity index (χ2v) is 15.9. The first-order valence-corrected chi connectivity index (χ1v) is 20.5. The Morgan fingerprint density at radius 1 is 0.529 bits per heavy atom. The van der Waals surface area contributed by atoms with Crippen molar-refractivity contribution in [2.24, 2.45) is 0 Å². The maximum atomic E-state index is 2.52. The first-order chi connectivity index (χ1) is 24.9. The van der Waals surface area contributed by atoms with E-state index in [1.54, 1.807) is 0 Å². The van der Waals surface area contributed by atoms with Crippen LogP contribution in [0.5, 0.6) is 0 Å². The van der Waals surface area contributed by atoms with Crippen LogP contribution in [0.4, 0.5) is 0 Å². The van der Waals surface area contributed by atoms with Crippen molar-refractivity contribution in [3.8, 4) is 33.4 Å². The van der Waals surface area contributed by atoms with Crippen LogP contribution in [0.2, 0.25) is 0 Å². The van der Waals surface area contributed by atoms with Gasteiger partial charge in [0.05, 0.1) is 0 Å². The number of benzene rings is 7. The standard InChI is InChI=1S/C50H50S/c1-7-10-33(11-8-2)34-15-16-36-28-37(18-17-35(36)27-34)49-43-21-13-32(5)26-48(43)50(44-22-14-31(4)25-47(44)49)38-19-23-41-40(12-9-3)42-24-20-39(51-6)30-46(42)45(41)29-38/h13-30,33,40H,7-12H2,1-6H3. The molecule has 0 saturated heterocycles. The molecule has 1 heteroatoms. The van der Waals surface area contributed by atoms with Gasteiger partial charge >= 0.3 is 0 Å². The van der Waals surface area contributed by atoms with Gasteiger partial charge in [0.1, 0.15) is 0 Å². The van der Waals surface area contributed by atoms with Gasteiger partial charge in [-0.05, 0) is 152 Å². The molecule has 0 bridgehead atoms. The van der Waals surface area contributed by atoms with Crippen LogP contribution >= 0.6 is 11.8 Å². The van der Waals surface area contributed by atoms with Crippen molar-refractivity contribution in [1.29, 1.82) is 0 Å². The maximum Gasteiger partial charge on any atom is 0.0102 e. The molecule has 0 saturated carbocycles. The molecule has 7 aromatic rings. The number of fused-ring (bicyclic) bond motifs is 6. The smallest absolute Gasteiger partial charge is 0.0102 e. The third kappa shape index (κ3) is 5.98. The third-order valence-corrected chi connectivity index (χ3v) is 12.3. The Morgan fingerprint density at radius 3 is 1.73 bits per heavy atom. The number of aryl methyl sites for hydroxylation is 2. The highest BCUT2D eigenvalue weighted by Gasteiger charge is 2.29. The summed E-state index contributed by atoms with van der Waals surface area (Å²) in [5.74, 6) is 1.12. The van der Waals surface area contributed by atoms with Gasteiger partial charge in [-0.15, -0.1) is 11.8 Å². The highest BCUT2D eigenvalue weighted by atomic mass is 32.2. The number of hydrogen-bond donors (Lipinski definition) is 0. The van der Waals surface area contributed by atoms with Gasteiger partial charge in [-0.3, -0.25) is 0 Å². The Labute approximate surface area is 309 Å². The lowest BCUT2D eigenvalue weighted by molar-refractivity contribution is 0.561. The first kappa shape index (κ1) is 33.8. The molecule has 256 valence electrons. The Balaban J connectivity index is 1.35. The van der Waals surface area contributed by atoms with E-state index in [2.05, 4.69) is 150 Å². The lowest BCUT2D eigenvalue weighted by Crippen LogP contribution is -1.98. The quantitative estimate of drug-likeness (QED) is 0.102. The number of hydrogen-bond acceptors (Lipinski definition) is 1. The summed E-state index contributed by atoms with van der Waals surface area (Å²) in [7, 11) is 0. The molecule has 0 N–H and O–H groups in total. The van der Waals surface area contributed by atoms with Gasteiger partial charge in [-0.2, -0.15) is 0 Å². The summed E-state index contributed by atoms with van der Waals surface area (Å²) in [6, 6.07) is 43.1. The topological polar surface area (TPSA) is 0 Å². The van der Waals surface area contributed by atoms with Gasteiger partial charge in [0.25, 0.3) is 0 Å². The molecule has 0 amide bonds. The van der Waals surface area contributed by atoms with Crippen molar-refractivity contribution in [2.45, 2.75) is 89.9 Å². The average Bonchev–Trinajstić information content (AvgIpc) is 3.45. The van der Waals surface area contributed by atoms with Gasteiger partial charge in [0.15, 0.2) is 0 Å². The molecule has 51 heavy (non-hydrogen) atoms. The van der Waals surface area contributed by atoms with E-state index >= 15 is 0 Å².